The van der Waals surface area contributed by atoms with Crippen LogP contribution in [0.5, 0.6) is 5.75 Å². The lowest BCUT2D eigenvalue weighted by atomic mass is 9.97. The third kappa shape index (κ3) is 5.00. The molecule has 2 aromatic carbocycles. The number of imide groups is 1. The molecule has 1 aliphatic rings. The van der Waals surface area contributed by atoms with Crippen molar-refractivity contribution in [1.82, 2.24) is 4.90 Å². The summed E-state index contributed by atoms with van der Waals surface area (Å²) < 4.78 is 10.4. The normalized spacial score (nSPS) is 16.7. The lowest BCUT2D eigenvalue weighted by Gasteiger charge is -2.30. The Morgan fingerprint density at radius 3 is 2.59 bits per heavy atom. The number of hydrogen-bond donors (Lipinski definition) is 1. The molecule has 0 radical (unpaired) electrons. The van der Waals surface area contributed by atoms with Gasteiger partial charge < -0.3 is 14.8 Å². The minimum atomic E-state index is -0.571. The van der Waals surface area contributed by atoms with Crippen LogP contribution in [0.3, 0.4) is 0 Å². The van der Waals surface area contributed by atoms with Crippen molar-refractivity contribution in [2.24, 2.45) is 5.92 Å². The van der Waals surface area contributed by atoms with Crippen LogP contribution >= 0.6 is 0 Å². The van der Waals surface area contributed by atoms with Gasteiger partial charge in [-0.25, -0.2) is 9.69 Å². The van der Waals surface area contributed by atoms with Gasteiger partial charge in [0.1, 0.15) is 12.4 Å². The summed E-state index contributed by atoms with van der Waals surface area (Å²) in [6.45, 7) is 1.05. The third-order valence-electron chi connectivity index (χ3n) is 4.62. The summed E-state index contributed by atoms with van der Waals surface area (Å²) in [6, 6.07) is 17.0. The van der Waals surface area contributed by atoms with Crippen LogP contribution in [0.15, 0.2) is 54.6 Å². The van der Waals surface area contributed by atoms with Crippen LogP contribution in [-0.2, 0) is 16.1 Å². The van der Waals surface area contributed by atoms with Crippen LogP contribution in [0.2, 0.25) is 0 Å². The Morgan fingerprint density at radius 1 is 1.15 bits per heavy atom. The highest BCUT2D eigenvalue weighted by Gasteiger charge is 2.33. The number of benzene rings is 2. The van der Waals surface area contributed by atoms with E-state index in [1.165, 1.54) is 4.90 Å². The Bertz CT molecular complexity index is 762. The molecule has 0 aliphatic carbocycles. The van der Waals surface area contributed by atoms with Gasteiger partial charge in [0.2, 0.25) is 5.91 Å². The summed E-state index contributed by atoms with van der Waals surface area (Å²) in [5.41, 5.74) is 1.81. The average molecular weight is 368 g/mol. The number of anilines is 1. The number of amides is 2. The third-order valence-corrected chi connectivity index (χ3v) is 4.62. The number of hydrogen-bond acceptors (Lipinski definition) is 5. The molecule has 1 atom stereocenters. The first-order valence-electron chi connectivity index (χ1n) is 9.07. The lowest BCUT2D eigenvalue weighted by molar-refractivity contribution is -0.135. The number of nitrogens with zero attached hydrogens (tertiary/aromatic N) is 1. The predicted octanol–water partition coefficient (Wildman–Crippen LogP) is 3.68. The van der Waals surface area contributed by atoms with E-state index in [1.807, 2.05) is 54.6 Å². The van der Waals surface area contributed by atoms with Crippen LogP contribution in [0, 0.1) is 5.92 Å². The number of carbonyl (C=O) groups is 2. The molecule has 1 saturated heterocycles. The highest BCUT2D eigenvalue weighted by molar-refractivity contribution is 5.94. The molecule has 6 nitrogen and oxygen atoms in total. The molecule has 2 aromatic rings. The number of methoxy groups -OCH3 is 1. The van der Waals surface area contributed by atoms with E-state index in [1.54, 1.807) is 7.11 Å². The number of carbonyl (C=O) groups excluding carboxylic acids is 2. The topological polar surface area (TPSA) is 67.9 Å². The largest absolute Gasteiger partial charge is 0.497 e. The fourth-order valence-corrected chi connectivity index (χ4v) is 3.07. The highest BCUT2D eigenvalue weighted by Crippen LogP contribution is 2.21. The van der Waals surface area contributed by atoms with Crippen molar-refractivity contribution in [2.45, 2.75) is 19.4 Å². The monoisotopic (exact) mass is 368 g/mol. The minimum absolute atomic E-state index is 0.165. The van der Waals surface area contributed by atoms with Gasteiger partial charge >= 0.3 is 6.09 Å². The zero-order valence-electron chi connectivity index (χ0n) is 15.4. The Morgan fingerprint density at radius 2 is 1.89 bits per heavy atom. The SMILES string of the molecule is COc1ccc(NC[C@H]2CCCN(C(=O)OCc3ccccc3)C2=O)cc1. The average Bonchev–Trinajstić information content (AvgIpc) is 2.72. The summed E-state index contributed by atoms with van der Waals surface area (Å²) in [7, 11) is 1.62. The Balaban J connectivity index is 1.52. The molecule has 1 N–H and O–H groups in total. The van der Waals surface area contributed by atoms with Crippen molar-refractivity contribution in [3.8, 4) is 5.75 Å². The standard InChI is InChI=1S/C21H24N2O4/c1-26-19-11-9-18(10-12-19)22-14-17-8-5-13-23(20(17)24)21(25)27-15-16-6-3-2-4-7-16/h2-4,6-7,9-12,17,22H,5,8,13-15H2,1H3/t17-/m1/s1. The fraction of sp³-hybridized carbons (Fsp3) is 0.333. The Hall–Kier alpha value is -3.02. The van der Waals surface area contributed by atoms with Crippen molar-refractivity contribution in [2.75, 3.05) is 25.5 Å². The molecule has 6 heteroatoms. The van der Waals surface area contributed by atoms with Crippen molar-refractivity contribution in [3.63, 3.8) is 0 Å². The van der Waals surface area contributed by atoms with E-state index >= 15 is 0 Å². The second-order valence-electron chi connectivity index (χ2n) is 6.48. The number of nitrogens with one attached hydrogen (secondary N) is 1. The molecule has 1 heterocycles. The van der Waals surface area contributed by atoms with Crippen molar-refractivity contribution < 1.29 is 19.1 Å². The van der Waals surface area contributed by atoms with E-state index in [0.717, 1.165) is 29.8 Å². The number of rotatable bonds is 6. The van der Waals surface area contributed by atoms with E-state index in [4.69, 9.17) is 9.47 Å². The molecule has 0 spiro atoms. The lowest BCUT2D eigenvalue weighted by Crippen LogP contribution is -2.46. The summed E-state index contributed by atoms with van der Waals surface area (Å²) in [5, 5.41) is 3.26. The molecule has 0 saturated carbocycles. The number of piperidine rings is 1. The van der Waals surface area contributed by atoms with E-state index in [0.29, 0.717) is 13.1 Å². The zero-order valence-corrected chi connectivity index (χ0v) is 15.4. The molecule has 27 heavy (non-hydrogen) atoms. The maximum absolute atomic E-state index is 12.7. The molecule has 142 valence electrons. The molecular weight excluding hydrogens is 344 g/mol. The maximum atomic E-state index is 12.7. The Labute approximate surface area is 159 Å². The van der Waals surface area contributed by atoms with Crippen molar-refractivity contribution in [3.05, 3.63) is 60.2 Å². The van der Waals surface area contributed by atoms with Gasteiger partial charge in [0.05, 0.1) is 13.0 Å². The smallest absolute Gasteiger partial charge is 0.416 e. The fourth-order valence-electron chi connectivity index (χ4n) is 3.07. The summed E-state index contributed by atoms with van der Waals surface area (Å²) in [6.07, 6.45) is 0.962. The van der Waals surface area contributed by atoms with Crippen molar-refractivity contribution >= 4 is 17.7 Å². The molecule has 0 aromatic heterocycles. The van der Waals surface area contributed by atoms with Gasteiger partial charge in [-0.3, -0.25) is 4.79 Å². The van der Waals surface area contributed by atoms with Crippen LogP contribution in [0.1, 0.15) is 18.4 Å². The first-order chi connectivity index (χ1) is 13.2. The van der Waals surface area contributed by atoms with E-state index < -0.39 is 6.09 Å². The second kappa shape index (κ2) is 9.07. The quantitative estimate of drug-likeness (QED) is 0.842. The molecule has 1 aliphatic heterocycles. The molecule has 0 unspecified atom stereocenters. The van der Waals surface area contributed by atoms with E-state index in [-0.39, 0.29) is 18.4 Å². The summed E-state index contributed by atoms with van der Waals surface area (Å²) >= 11 is 0. The second-order valence-corrected chi connectivity index (χ2v) is 6.48. The van der Waals surface area contributed by atoms with Gasteiger partial charge in [-0.2, -0.15) is 0 Å². The van der Waals surface area contributed by atoms with Gasteiger partial charge in [0.15, 0.2) is 0 Å². The maximum Gasteiger partial charge on any atom is 0.416 e. The van der Waals surface area contributed by atoms with Crippen molar-refractivity contribution in [1.29, 1.82) is 0 Å². The van der Waals surface area contributed by atoms with Crippen LogP contribution in [-0.4, -0.2) is 37.1 Å². The van der Waals surface area contributed by atoms with E-state index in [2.05, 4.69) is 5.32 Å². The minimum Gasteiger partial charge on any atom is -0.497 e. The van der Waals surface area contributed by atoms with Crippen LogP contribution in [0.25, 0.3) is 0 Å². The van der Waals surface area contributed by atoms with Gasteiger partial charge in [0, 0.05) is 18.8 Å². The van der Waals surface area contributed by atoms with E-state index in [9.17, 15) is 9.59 Å². The van der Waals surface area contributed by atoms with Crippen LogP contribution < -0.4 is 10.1 Å². The molecule has 3 rings (SSSR count). The summed E-state index contributed by atoms with van der Waals surface area (Å²) in [4.78, 5) is 26.2. The highest BCUT2D eigenvalue weighted by atomic mass is 16.6. The molecule has 0 bridgehead atoms. The first-order valence-corrected chi connectivity index (χ1v) is 9.07. The van der Waals surface area contributed by atoms with Gasteiger partial charge in [-0.1, -0.05) is 30.3 Å². The first kappa shape index (κ1) is 18.8. The number of likely N-dealkylation sites (tertiary alicyclic amines) is 1. The molecular formula is C21H24N2O4. The molecule has 1 fully saturated rings. The van der Waals surface area contributed by atoms with Gasteiger partial charge in [-0.05, 0) is 42.7 Å². The molecule has 2 amide bonds. The Kier molecular flexibility index (Phi) is 6.30. The number of ether oxygens (including phenoxy) is 2. The van der Waals surface area contributed by atoms with Gasteiger partial charge in [-0.15, -0.1) is 0 Å². The zero-order chi connectivity index (χ0) is 19.1. The summed E-state index contributed by atoms with van der Waals surface area (Å²) in [5.74, 6) is 0.354. The van der Waals surface area contributed by atoms with Crippen LogP contribution in [0.4, 0.5) is 10.5 Å². The van der Waals surface area contributed by atoms with Gasteiger partial charge in [0.25, 0.3) is 0 Å². The predicted molar refractivity (Wildman–Crippen MR) is 103 cm³/mol.